The van der Waals surface area contributed by atoms with Crippen LogP contribution in [0, 0.1) is 0 Å². The first kappa shape index (κ1) is 18.7. The minimum Gasteiger partial charge on any atom is -0.463 e. The molecule has 0 unspecified atom stereocenters. The van der Waals surface area contributed by atoms with Gasteiger partial charge in [0, 0.05) is 6.42 Å². The van der Waals surface area contributed by atoms with Crippen molar-refractivity contribution in [3.8, 4) is 0 Å². The smallest absolute Gasteiger partial charge is 0.305 e. The van der Waals surface area contributed by atoms with Gasteiger partial charge >= 0.3 is 5.97 Å². The number of rotatable bonds is 13. The zero-order valence-electron chi connectivity index (χ0n) is 15.0. The van der Waals surface area contributed by atoms with Gasteiger partial charge in [-0.25, -0.2) is 0 Å². The molecule has 0 spiro atoms. The van der Waals surface area contributed by atoms with E-state index in [9.17, 15) is 4.79 Å². The van der Waals surface area contributed by atoms with Crippen molar-refractivity contribution in [2.24, 2.45) is 4.99 Å². The van der Waals surface area contributed by atoms with E-state index in [0.717, 1.165) is 24.1 Å². The first-order valence-electron chi connectivity index (χ1n) is 9.60. The third-order valence-electron chi connectivity index (χ3n) is 4.50. The summed E-state index contributed by atoms with van der Waals surface area (Å²) in [7, 11) is 0. The summed E-state index contributed by atoms with van der Waals surface area (Å²) in [6, 6.07) is 10.2. The Morgan fingerprint density at radius 2 is 1.58 bits per heavy atom. The van der Waals surface area contributed by atoms with Crippen LogP contribution < -0.4 is 0 Å². The molecule has 1 aliphatic heterocycles. The van der Waals surface area contributed by atoms with Crippen LogP contribution in [0.1, 0.15) is 76.7 Å². The number of carbonyl (C=O) groups excluding carboxylic acids is 1. The van der Waals surface area contributed by atoms with E-state index in [1.165, 1.54) is 44.9 Å². The fraction of sp³-hybridized carbons (Fsp3) is 0.619. The monoisotopic (exact) mass is 329 g/mol. The van der Waals surface area contributed by atoms with E-state index < -0.39 is 0 Å². The minimum absolute atomic E-state index is 0.0764. The summed E-state index contributed by atoms with van der Waals surface area (Å²) in [5, 5.41) is 0. The maximum Gasteiger partial charge on any atom is 0.305 e. The summed E-state index contributed by atoms with van der Waals surface area (Å²) >= 11 is 0. The second-order valence-electron chi connectivity index (χ2n) is 6.66. The van der Waals surface area contributed by atoms with Gasteiger partial charge in [-0.2, -0.15) is 0 Å². The highest BCUT2D eigenvalue weighted by atomic mass is 16.5. The highest BCUT2D eigenvalue weighted by molar-refractivity contribution is 6.13. The quantitative estimate of drug-likeness (QED) is 0.363. The van der Waals surface area contributed by atoms with Gasteiger partial charge in [0.1, 0.15) is 12.6 Å². The van der Waals surface area contributed by atoms with Crippen molar-refractivity contribution in [2.45, 2.75) is 77.2 Å². The molecule has 3 nitrogen and oxygen atoms in total. The summed E-state index contributed by atoms with van der Waals surface area (Å²) in [4.78, 5) is 16.1. The van der Waals surface area contributed by atoms with Gasteiger partial charge in [-0.15, -0.1) is 0 Å². The maximum absolute atomic E-state index is 11.8. The second-order valence-corrected chi connectivity index (χ2v) is 6.66. The molecule has 1 aromatic rings. The Morgan fingerprint density at radius 3 is 2.25 bits per heavy atom. The van der Waals surface area contributed by atoms with Crippen molar-refractivity contribution in [3.05, 3.63) is 35.9 Å². The first-order chi connectivity index (χ1) is 11.8. The Bertz CT molecular complexity index is 510. The highest BCUT2D eigenvalue weighted by Crippen LogP contribution is 2.20. The largest absolute Gasteiger partial charge is 0.463 e. The van der Waals surface area contributed by atoms with E-state index in [-0.39, 0.29) is 12.0 Å². The van der Waals surface area contributed by atoms with E-state index in [4.69, 9.17) is 4.74 Å². The number of nitrogens with zero attached hydrogens (tertiary/aromatic N) is 1. The predicted octanol–water partition coefficient (Wildman–Crippen LogP) is 5.32. The molecule has 1 atom stereocenters. The van der Waals surface area contributed by atoms with Crippen molar-refractivity contribution < 1.29 is 9.53 Å². The summed E-state index contributed by atoms with van der Waals surface area (Å²) in [5.74, 6) is -0.0764. The van der Waals surface area contributed by atoms with E-state index in [2.05, 4.69) is 11.9 Å². The van der Waals surface area contributed by atoms with Gasteiger partial charge in [0.15, 0.2) is 0 Å². The summed E-state index contributed by atoms with van der Waals surface area (Å²) in [6.45, 7) is 2.65. The van der Waals surface area contributed by atoms with Crippen LogP contribution >= 0.6 is 0 Å². The van der Waals surface area contributed by atoms with Crippen LogP contribution in [0.25, 0.3) is 0 Å². The van der Waals surface area contributed by atoms with Crippen molar-refractivity contribution >= 4 is 11.7 Å². The molecule has 1 aromatic carbocycles. The van der Waals surface area contributed by atoms with Gasteiger partial charge in [-0.1, -0.05) is 88.6 Å². The Balaban J connectivity index is 1.41. The molecule has 0 saturated heterocycles. The second kappa shape index (κ2) is 11.0. The molecule has 2 rings (SSSR count). The molecule has 1 heterocycles. The number of ether oxygens (including phenoxy) is 1. The SMILES string of the molecule is CCCCCCCCCCCC(=O)OC[C@@H]1N=C1c1ccccc1. The topological polar surface area (TPSA) is 38.7 Å². The highest BCUT2D eigenvalue weighted by Gasteiger charge is 2.29. The molecular weight excluding hydrogens is 298 g/mol. The van der Waals surface area contributed by atoms with Crippen LogP contribution in [0.2, 0.25) is 0 Å². The lowest BCUT2D eigenvalue weighted by Gasteiger charge is -2.04. The number of hydrogen-bond acceptors (Lipinski definition) is 3. The van der Waals surface area contributed by atoms with Crippen molar-refractivity contribution in [2.75, 3.05) is 6.61 Å². The third kappa shape index (κ3) is 7.29. The fourth-order valence-corrected chi connectivity index (χ4v) is 2.95. The molecule has 0 radical (unpaired) electrons. The average molecular weight is 329 g/mol. The van der Waals surface area contributed by atoms with Crippen LogP contribution in [-0.2, 0) is 9.53 Å². The lowest BCUT2D eigenvalue weighted by Crippen LogP contribution is -2.13. The van der Waals surface area contributed by atoms with Gasteiger partial charge in [0.2, 0.25) is 0 Å². The molecule has 24 heavy (non-hydrogen) atoms. The first-order valence-corrected chi connectivity index (χ1v) is 9.60. The van der Waals surface area contributed by atoms with Crippen LogP contribution in [0.15, 0.2) is 35.3 Å². The standard InChI is InChI=1S/C21H31NO2/c1-2-3-4-5-6-7-8-9-13-16-20(23)24-17-19-21(22-19)18-14-11-10-12-15-18/h10-12,14-15,19H,2-9,13,16-17H2,1H3/t19-/m0/s1. The lowest BCUT2D eigenvalue weighted by atomic mass is 10.1. The van der Waals surface area contributed by atoms with E-state index in [0.29, 0.717) is 13.0 Å². The van der Waals surface area contributed by atoms with E-state index >= 15 is 0 Å². The zero-order chi connectivity index (χ0) is 17.0. The van der Waals surface area contributed by atoms with Crippen molar-refractivity contribution in [1.82, 2.24) is 0 Å². The molecular formula is C21H31NO2. The molecule has 0 bridgehead atoms. The Labute approximate surface area is 146 Å². The average Bonchev–Trinajstić information content (AvgIpc) is 3.39. The number of unbranched alkanes of at least 4 members (excludes halogenated alkanes) is 8. The number of hydrogen-bond donors (Lipinski definition) is 0. The fourth-order valence-electron chi connectivity index (χ4n) is 2.95. The zero-order valence-corrected chi connectivity index (χ0v) is 15.0. The van der Waals surface area contributed by atoms with Crippen LogP contribution in [0.3, 0.4) is 0 Å². The number of benzene rings is 1. The molecule has 0 aliphatic carbocycles. The lowest BCUT2D eigenvalue weighted by molar-refractivity contribution is -0.143. The van der Waals surface area contributed by atoms with Crippen LogP contribution in [0.4, 0.5) is 0 Å². The minimum atomic E-state index is -0.0764. The van der Waals surface area contributed by atoms with Crippen LogP contribution in [0.5, 0.6) is 0 Å². The predicted molar refractivity (Wildman–Crippen MR) is 99.6 cm³/mol. The maximum atomic E-state index is 11.8. The molecule has 0 aromatic heterocycles. The molecule has 0 amide bonds. The van der Waals surface area contributed by atoms with E-state index in [1.54, 1.807) is 0 Å². The summed E-state index contributed by atoms with van der Waals surface area (Å²) < 4.78 is 5.34. The molecule has 0 N–H and O–H groups in total. The Hall–Kier alpha value is -1.64. The van der Waals surface area contributed by atoms with Gasteiger partial charge in [-0.05, 0) is 12.0 Å². The number of aliphatic imine (C=N–C) groups is 1. The molecule has 132 valence electrons. The number of esters is 1. The molecule has 0 saturated carbocycles. The molecule has 0 fully saturated rings. The summed E-state index contributed by atoms with van der Waals surface area (Å²) in [6.07, 6.45) is 11.9. The van der Waals surface area contributed by atoms with Gasteiger partial charge in [-0.3, -0.25) is 9.79 Å². The van der Waals surface area contributed by atoms with Gasteiger partial charge < -0.3 is 4.74 Å². The molecule has 3 heteroatoms. The van der Waals surface area contributed by atoms with Gasteiger partial charge in [0.05, 0.1) is 5.71 Å². The number of carbonyl (C=O) groups is 1. The molecule has 1 aliphatic rings. The third-order valence-corrected chi connectivity index (χ3v) is 4.50. The van der Waals surface area contributed by atoms with Crippen molar-refractivity contribution in [1.29, 1.82) is 0 Å². The van der Waals surface area contributed by atoms with Gasteiger partial charge in [0.25, 0.3) is 0 Å². The Morgan fingerprint density at radius 1 is 0.958 bits per heavy atom. The normalized spacial score (nSPS) is 15.9. The van der Waals surface area contributed by atoms with E-state index in [1.807, 2.05) is 30.3 Å². The van der Waals surface area contributed by atoms with Crippen LogP contribution in [-0.4, -0.2) is 24.3 Å². The van der Waals surface area contributed by atoms with Crippen molar-refractivity contribution in [3.63, 3.8) is 0 Å². The Kier molecular flexibility index (Phi) is 8.58. The summed E-state index contributed by atoms with van der Waals surface area (Å²) in [5.41, 5.74) is 2.20.